The molecule has 2 amide bonds. The Bertz CT molecular complexity index is 615. The molecule has 0 aromatic rings. The zero-order chi connectivity index (χ0) is 22.3. The zero-order valence-corrected chi connectivity index (χ0v) is 19.1. The van der Waals surface area contributed by atoms with E-state index in [4.69, 9.17) is 5.11 Å². The highest BCUT2D eigenvalue weighted by molar-refractivity contribution is 5.90. The van der Waals surface area contributed by atoms with Crippen molar-refractivity contribution in [2.45, 2.75) is 91.4 Å². The maximum absolute atomic E-state index is 13.2. The Kier molecular flexibility index (Phi) is 9.83. The summed E-state index contributed by atoms with van der Waals surface area (Å²) in [5, 5.41) is 12.1. The van der Waals surface area contributed by atoms with Crippen molar-refractivity contribution >= 4 is 17.8 Å². The number of nitrogens with one attached hydrogen (secondary N) is 1. The van der Waals surface area contributed by atoms with Gasteiger partial charge >= 0.3 is 5.97 Å². The summed E-state index contributed by atoms with van der Waals surface area (Å²) in [4.78, 5) is 41.2. The quantitative estimate of drug-likeness (QED) is 0.572. The maximum atomic E-state index is 13.2. The van der Waals surface area contributed by atoms with Crippen LogP contribution < -0.4 is 5.32 Å². The first kappa shape index (κ1) is 25.1. The van der Waals surface area contributed by atoms with Gasteiger partial charge in [0.15, 0.2) is 0 Å². The molecule has 0 saturated carbocycles. The van der Waals surface area contributed by atoms with Gasteiger partial charge in [0.2, 0.25) is 11.8 Å². The van der Waals surface area contributed by atoms with Crippen molar-refractivity contribution in [2.75, 3.05) is 13.6 Å². The highest BCUT2D eigenvalue weighted by atomic mass is 16.4. The molecule has 1 aliphatic heterocycles. The fraction of sp³-hybridized carbons (Fsp3) is 0.773. The van der Waals surface area contributed by atoms with E-state index in [1.807, 2.05) is 20.8 Å². The molecule has 0 bridgehead atoms. The molecule has 0 aromatic heterocycles. The number of carbonyl (C=O) groups excluding carboxylic acids is 2. The lowest BCUT2D eigenvalue weighted by Gasteiger charge is -2.39. The van der Waals surface area contributed by atoms with Crippen LogP contribution in [0.25, 0.3) is 0 Å². The Morgan fingerprint density at radius 3 is 2.31 bits per heavy atom. The Balaban J connectivity index is 2.97. The highest BCUT2D eigenvalue weighted by Crippen LogP contribution is 2.21. The lowest BCUT2D eigenvalue weighted by Crippen LogP contribution is -2.58. The number of amides is 2. The summed E-state index contributed by atoms with van der Waals surface area (Å²) in [5.41, 5.74) is 0.205. The SMILES string of the molecule is CCC(/C=C(\C)C(=O)O)N(C)C(=O)[C@@H](NC(=O)C1CCCCN1C(C)C)C(C)C. The van der Waals surface area contributed by atoms with E-state index in [9.17, 15) is 14.4 Å². The van der Waals surface area contributed by atoms with E-state index in [0.29, 0.717) is 6.42 Å². The Morgan fingerprint density at radius 2 is 1.83 bits per heavy atom. The van der Waals surface area contributed by atoms with Gasteiger partial charge in [0.25, 0.3) is 0 Å². The fourth-order valence-electron chi connectivity index (χ4n) is 3.86. The molecule has 0 spiro atoms. The Morgan fingerprint density at radius 1 is 1.21 bits per heavy atom. The highest BCUT2D eigenvalue weighted by Gasteiger charge is 2.35. The summed E-state index contributed by atoms with van der Waals surface area (Å²) in [5.74, 6) is -1.36. The van der Waals surface area contributed by atoms with Crippen molar-refractivity contribution in [3.8, 4) is 0 Å². The number of piperidine rings is 1. The summed E-state index contributed by atoms with van der Waals surface area (Å²) < 4.78 is 0. The molecule has 3 atom stereocenters. The molecule has 29 heavy (non-hydrogen) atoms. The number of likely N-dealkylation sites (N-methyl/N-ethyl adjacent to an activating group) is 1. The third-order valence-electron chi connectivity index (χ3n) is 5.78. The number of nitrogens with zero attached hydrogens (tertiary/aromatic N) is 2. The van der Waals surface area contributed by atoms with Crippen LogP contribution in [-0.4, -0.2) is 70.4 Å². The minimum Gasteiger partial charge on any atom is -0.478 e. The smallest absolute Gasteiger partial charge is 0.331 e. The van der Waals surface area contributed by atoms with Crippen molar-refractivity contribution in [3.63, 3.8) is 0 Å². The van der Waals surface area contributed by atoms with E-state index in [2.05, 4.69) is 24.1 Å². The number of rotatable bonds is 9. The van der Waals surface area contributed by atoms with Crippen molar-refractivity contribution in [3.05, 3.63) is 11.6 Å². The largest absolute Gasteiger partial charge is 0.478 e. The first-order valence-corrected chi connectivity index (χ1v) is 10.8. The Labute approximate surface area is 175 Å². The standard InChI is InChI=1S/C22H39N3O4/c1-8-17(13-16(6)22(28)29)24(7)21(27)19(14(2)3)23-20(26)18-11-9-10-12-25(18)15(4)5/h13-15,17-19H,8-12H2,1-7H3,(H,23,26)(H,28,29)/b16-13+/t17?,18?,19-/m0/s1. The second-order valence-corrected chi connectivity index (χ2v) is 8.65. The zero-order valence-electron chi connectivity index (χ0n) is 19.1. The molecule has 7 heteroatoms. The van der Waals surface area contributed by atoms with Crippen LogP contribution in [0.1, 0.15) is 67.2 Å². The number of carbonyl (C=O) groups is 3. The number of hydrogen-bond acceptors (Lipinski definition) is 4. The van der Waals surface area contributed by atoms with Gasteiger partial charge in [0, 0.05) is 18.7 Å². The number of hydrogen-bond donors (Lipinski definition) is 2. The van der Waals surface area contributed by atoms with Gasteiger partial charge in [0.1, 0.15) is 6.04 Å². The molecular weight excluding hydrogens is 370 g/mol. The molecular formula is C22H39N3O4. The number of carboxylic acids is 1. The van der Waals surface area contributed by atoms with Crippen molar-refractivity contribution in [1.82, 2.24) is 15.1 Å². The second-order valence-electron chi connectivity index (χ2n) is 8.65. The van der Waals surface area contributed by atoms with Gasteiger partial charge in [-0.1, -0.05) is 33.3 Å². The van der Waals surface area contributed by atoms with Crippen LogP contribution in [0.3, 0.4) is 0 Å². The molecule has 7 nitrogen and oxygen atoms in total. The first-order valence-electron chi connectivity index (χ1n) is 10.8. The molecule has 166 valence electrons. The monoisotopic (exact) mass is 409 g/mol. The van der Waals surface area contributed by atoms with Crippen LogP contribution in [-0.2, 0) is 14.4 Å². The van der Waals surface area contributed by atoms with E-state index in [-0.39, 0.29) is 41.4 Å². The molecule has 2 unspecified atom stereocenters. The molecule has 1 saturated heterocycles. The van der Waals surface area contributed by atoms with Gasteiger partial charge in [-0.3, -0.25) is 14.5 Å². The molecule has 0 aliphatic carbocycles. The summed E-state index contributed by atoms with van der Waals surface area (Å²) >= 11 is 0. The summed E-state index contributed by atoms with van der Waals surface area (Å²) in [6.45, 7) is 12.3. The summed E-state index contributed by atoms with van der Waals surface area (Å²) in [6.07, 6.45) is 5.09. The van der Waals surface area contributed by atoms with Gasteiger partial charge in [-0.2, -0.15) is 0 Å². The molecule has 0 aromatic carbocycles. The summed E-state index contributed by atoms with van der Waals surface area (Å²) in [6, 6.07) is -0.913. The number of aliphatic carboxylic acids is 1. The van der Waals surface area contributed by atoms with E-state index in [1.54, 1.807) is 18.0 Å². The fourth-order valence-corrected chi connectivity index (χ4v) is 3.86. The molecule has 0 radical (unpaired) electrons. The first-order chi connectivity index (χ1) is 13.5. The third-order valence-corrected chi connectivity index (χ3v) is 5.78. The summed E-state index contributed by atoms with van der Waals surface area (Å²) in [7, 11) is 1.67. The molecule has 1 fully saturated rings. The van der Waals surface area contributed by atoms with Crippen LogP contribution in [0, 0.1) is 5.92 Å². The molecule has 1 rings (SSSR count). The second kappa shape index (κ2) is 11.3. The minimum absolute atomic E-state index is 0.0768. The third kappa shape index (κ3) is 6.84. The molecule has 2 N–H and O–H groups in total. The normalized spacial score (nSPS) is 20.4. The van der Waals surface area contributed by atoms with Crippen LogP contribution in [0.5, 0.6) is 0 Å². The predicted octanol–water partition coefficient (Wildman–Crippen LogP) is 2.66. The topological polar surface area (TPSA) is 90.0 Å². The van der Waals surface area contributed by atoms with Crippen LogP contribution in [0.15, 0.2) is 11.6 Å². The van der Waals surface area contributed by atoms with Gasteiger partial charge < -0.3 is 15.3 Å². The van der Waals surface area contributed by atoms with Crippen molar-refractivity contribution in [2.24, 2.45) is 5.92 Å². The van der Waals surface area contributed by atoms with Crippen LogP contribution >= 0.6 is 0 Å². The molecule has 1 heterocycles. The lowest BCUT2D eigenvalue weighted by atomic mass is 9.97. The van der Waals surface area contributed by atoms with E-state index < -0.39 is 12.0 Å². The average Bonchev–Trinajstić information content (AvgIpc) is 2.68. The average molecular weight is 410 g/mol. The maximum Gasteiger partial charge on any atom is 0.331 e. The van der Waals surface area contributed by atoms with E-state index in [0.717, 1.165) is 25.8 Å². The number of carboxylic acid groups (broad SMARTS) is 1. The van der Waals surface area contributed by atoms with Crippen molar-refractivity contribution in [1.29, 1.82) is 0 Å². The van der Waals surface area contributed by atoms with E-state index >= 15 is 0 Å². The van der Waals surface area contributed by atoms with Crippen LogP contribution in [0.4, 0.5) is 0 Å². The lowest BCUT2D eigenvalue weighted by molar-refractivity contribution is -0.140. The van der Waals surface area contributed by atoms with Crippen LogP contribution in [0.2, 0.25) is 0 Å². The molecule has 1 aliphatic rings. The van der Waals surface area contributed by atoms with Gasteiger partial charge in [-0.25, -0.2) is 4.79 Å². The predicted molar refractivity (Wildman–Crippen MR) is 114 cm³/mol. The van der Waals surface area contributed by atoms with E-state index in [1.165, 1.54) is 6.92 Å². The van der Waals surface area contributed by atoms with Gasteiger partial charge in [0.05, 0.1) is 12.1 Å². The van der Waals surface area contributed by atoms with Gasteiger partial charge in [-0.05, 0) is 52.5 Å². The Hall–Kier alpha value is -1.89. The van der Waals surface area contributed by atoms with Crippen molar-refractivity contribution < 1.29 is 19.5 Å². The van der Waals surface area contributed by atoms with Gasteiger partial charge in [-0.15, -0.1) is 0 Å². The minimum atomic E-state index is -0.996. The number of likely N-dealkylation sites (tertiary alicyclic amines) is 1.